The number of hydrogen-bond donors (Lipinski definition) is 1. The third kappa shape index (κ3) is 6.05. The highest BCUT2D eigenvalue weighted by Crippen LogP contribution is 2.29. The summed E-state index contributed by atoms with van der Waals surface area (Å²) in [6.45, 7) is 0.206. The summed E-state index contributed by atoms with van der Waals surface area (Å²) in [6, 6.07) is 14.2. The number of furan rings is 1. The van der Waals surface area contributed by atoms with Crippen LogP contribution in [0.15, 0.2) is 64.6 Å². The lowest BCUT2D eigenvalue weighted by molar-refractivity contribution is -0.141. The number of nitrogens with one attached hydrogen (secondary N) is 1. The van der Waals surface area contributed by atoms with Crippen LogP contribution in [0.4, 0.5) is 0 Å². The highest BCUT2D eigenvalue weighted by molar-refractivity contribution is 7.10. The van der Waals surface area contributed by atoms with Crippen molar-refractivity contribution in [3.63, 3.8) is 0 Å². The molecule has 3 aromatic rings. The van der Waals surface area contributed by atoms with E-state index < -0.39 is 6.04 Å². The van der Waals surface area contributed by atoms with Gasteiger partial charge in [-0.25, -0.2) is 0 Å². The van der Waals surface area contributed by atoms with Gasteiger partial charge in [-0.3, -0.25) is 9.59 Å². The van der Waals surface area contributed by atoms with Crippen LogP contribution >= 0.6 is 11.3 Å². The Labute approximate surface area is 198 Å². The van der Waals surface area contributed by atoms with E-state index in [-0.39, 0.29) is 30.8 Å². The lowest BCUT2D eigenvalue weighted by atomic mass is 9.94. The first-order valence-corrected chi connectivity index (χ1v) is 12.3. The van der Waals surface area contributed by atoms with Gasteiger partial charge in [-0.05, 0) is 54.1 Å². The maximum absolute atomic E-state index is 13.7. The second kappa shape index (κ2) is 11.2. The Kier molecular flexibility index (Phi) is 7.83. The molecule has 4 rings (SSSR count). The quantitative estimate of drug-likeness (QED) is 0.476. The van der Waals surface area contributed by atoms with Crippen LogP contribution in [0.5, 0.6) is 5.75 Å². The number of benzene rings is 1. The van der Waals surface area contributed by atoms with Gasteiger partial charge in [0.1, 0.15) is 17.6 Å². The number of carbonyl (C=O) groups excluding carboxylic acids is 2. The average Bonchev–Trinajstić information content (AvgIpc) is 3.54. The first kappa shape index (κ1) is 23.1. The highest BCUT2D eigenvalue weighted by atomic mass is 32.1. The Balaban J connectivity index is 1.68. The molecule has 2 aromatic heterocycles. The lowest BCUT2D eigenvalue weighted by Crippen LogP contribution is -2.47. The van der Waals surface area contributed by atoms with E-state index in [0.717, 1.165) is 30.6 Å². The van der Waals surface area contributed by atoms with Crippen molar-refractivity contribution in [3.05, 3.63) is 76.4 Å². The number of rotatable bonds is 9. The van der Waals surface area contributed by atoms with E-state index in [0.29, 0.717) is 17.1 Å². The SMILES string of the molecule is COc1cccc([C@H](C(=O)NC2CCCCC2)N(Cc2ccco2)C(=O)Cc2cccs2)c1. The van der Waals surface area contributed by atoms with E-state index in [9.17, 15) is 9.59 Å². The monoisotopic (exact) mass is 466 g/mol. The van der Waals surface area contributed by atoms with E-state index in [1.54, 1.807) is 24.3 Å². The Morgan fingerprint density at radius 1 is 1.15 bits per heavy atom. The summed E-state index contributed by atoms with van der Waals surface area (Å²) in [4.78, 5) is 29.9. The molecule has 0 unspecified atom stereocenters. The second-order valence-corrected chi connectivity index (χ2v) is 9.41. The molecule has 1 aliphatic rings. The van der Waals surface area contributed by atoms with Gasteiger partial charge in [-0.2, -0.15) is 0 Å². The van der Waals surface area contributed by atoms with Gasteiger partial charge in [-0.15, -0.1) is 11.3 Å². The minimum Gasteiger partial charge on any atom is -0.497 e. The first-order valence-electron chi connectivity index (χ1n) is 11.4. The Morgan fingerprint density at radius 2 is 2.00 bits per heavy atom. The molecule has 6 nitrogen and oxygen atoms in total. The highest BCUT2D eigenvalue weighted by Gasteiger charge is 2.34. The summed E-state index contributed by atoms with van der Waals surface area (Å²) in [5, 5.41) is 5.18. The third-order valence-corrected chi connectivity index (χ3v) is 6.93. The van der Waals surface area contributed by atoms with E-state index in [1.807, 2.05) is 47.8 Å². The molecule has 0 aliphatic heterocycles. The molecule has 1 aromatic carbocycles. The molecule has 0 spiro atoms. The summed E-state index contributed by atoms with van der Waals surface area (Å²) in [5.41, 5.74) is 0.716. The lowest BCUT2D eigenvalue weighted by Gasteiger charge is -2.33. The fourth-order valence-corrected chi connectivity index (χ4v) is 5.07. The standard InChI is InChI=1S/C26H30N2O4S/c1-31-21-11-5-8-19(16-21)25(26(30)27-20-9-3-2-4-10-20)28(18-22-12-6-14-32-22)24(29)17-23-13-7-15-33-23/h5-8,11-16,20,25H,2-4,9-10,17-18H2,1H3,(H,27,30)/t25-/m1/s1. The van der Waals surface area contributed by atoms with Crippen molar-refractivity contribution in [2.24, 2.45) is 0 Å². The zero-order chi connectivity index (χ0) is 23.0. The van der Waals surface area contributed by atoms with Gasteiger partial charge in [-0.1, -0.05) is 37.5 Å². The normalized spacial score (nSPS) is 15.1. The van der Waals surface area contributed by atoms with Crippen LogP contribution in [0.3, 0.4) is 0 Å². The van der Waals surface area contributed by atoms with Gasteiger partial charge >= 0.3 is 0 Å². The van der Waals surface area contributed by atoms with E-state index in [4.69, 9.17) is 9.15 Å². The molecule has 2 amide bonds. The minimum absolute atomic E-state index is 0.125. The number of amides is 2. The molecule has 2 heterocycles. The molecule has 0 saturated heterocycles. The third-order valence-electron chi connectivity index (χ3n) is 6.05. The topological polar surface area (TPSA) is 71.8 Å². The van der Waals surface area contributed by atoms with Gasteiger partial charge in [0, 0.05) is 10.9 Å². The first-order chi connectivity index (χ1) is 16.1. The minimum atomic E-state index is -0.792. The van der Waals surface area contributed by atoms with E-state index >= 15 is 0 Å². The van der Waals surface area contributed by atoms with Crippen LogP contribution in [0.25, 0.3) is 0 Å². The Hall–Kier alpha value is -3.06. The van der Waals surface area contributed by atoms with Crippen LogP contribution in [0.1, 0.15) is 54.3 Å². The van der Waals surface area contributed by atoms with Crippen molar-refractivity contribution < 1.29 is 18.7 Å². The van der Waals surface area contributed by atoms with E-state index in [1.165, 1.54) is 17.8 Å². The average molecular weight is 467 g/mol. The predicted molar refractivity (Wildman–Crippen MR) is 128 cm³/mol. The van der Waals surface area contributed by atoms with Gasteiger partial charge < -0.3 is 19.4 Å². The van der Waals surface area contributed by atoms with Crippen molar-refractivity contribution in [1.29, 1.82) is 0 Å². The van der Waals surface area contributed by atoms with E-state index in [2.05, 4.69) is 5.32 Å². The molecule has 1 fully saturated rings. The number of thiophene rings is 1. The largest absolute Gasteiger partial charge is 0.497 e. The predicted octanol–water partition coefficient (Wildman–Crippen LogP) is 5.11. The Morgan fingerprint density at radius 3 is 2.70 bits per heavy atom. The number of nitrogens with zero attached hydrogens (tertiary/aromatic N) is 1. The van der Waals surface area contributed by atoms with Crippen molar-refractivity contribution >= 4 is 23.2 Å². The van der Waals surface area contributed by atoms with Gasteiger partial charge in [0.15, 0.2) is 0 Å². The van der Waals surface area contributed by atoms with Gasteiger partial charge in [0.05, 0.1) is 26.3 Å². The summed E-state index contributed by atoms with van der Waals surface area (Å²) >= 11 is 1.54. The summed E-state index contributed by atoms with van der Waals surface area (Å²) in [5.74, 6) is 0.987. The molecular weight excluding hydrogens is 436 g/mol. The molecular formula is C26H30N2O4S. The number of hydrogen-bond acceptors (Lipinski definition) is 5. The molecule has 33 heavy (non-hydrogen) atoms. The zero-order valence-electron chi connectivity index (χ0n) is 18.9. The number of methoxy groups -OCH3 is 1. The number of carbonyl (C=O) groups is 2. The fourth-order valence-electron chi connectivity index (χ4n) is 4.37. The fraction of sp³-hybridized carbons (Fsp3) is 0.385. The van der Waals surface area contributed by atoms with Crippen molar-refractivity contribution in [2.75, 3.05) is 7.11 Å². The molecule has 0 radical (unpaired) electrons. The van der Waals surface area contributed by atoms with Crippen molar-refractivity contribution in [1.82, 2.24) is 10.2 Å². The molecule has 1 saturated carbocycles. The molecule has 7 heteroatoms. The zero-order valence-corrected chi connectivity index (χ0v) is 19.7. The van der Waals surface area contributed by atoms with Gasteiger partial charge in [0.25, 0.3) is 0 Å². The summed E-state index contributed by atoms with van der Waals surface area (Å²) < 4.78 is 11.0. The number of ether oxygens (including phenoxy) is 1. The summed E-state index contributed by atoms with van der Waals surface area (Å²) in [6.07, 6.45) is 7.19. The summed E-state index contributed by atoms with van der Waals surface area (Å²) in [7, 11) is 1.60. The smallest absolute Gasteiger partial charge is 0.247 e. The van der Waals surface area contributed by atoms with Crippen molar-refractivity contribution in [3.8, 4) is 5.75 Å². The molecule has 1 aliphatic carbocycles. The van der Waals surface area contributed by atoms with Gasteiger partial charge in [0.2, 0.25) is 11.8 Å². The maximum Gasteiger partial charge on any atom is 0.247 e. The Bertz CT molecular complexity index is 1030. The van der Waals surface area contributed by atoms with Crippen LogP contribution in [-0.4, -0.2) is 29.9 Å². The molecule has 0 bridgehead atoms. The second-order valence-electron chi connectivity index (χ2n) is 8.38. The van der Waals surface area contributed by atoms with Crippen LogP contribution < -0.4 is 10.1 Å². The maximum atomic E-state index is 13.7. The van der Waals surface area contributed by atoms with Crippen molar-refractivity contribution in [2.45, 2.75) is 57.2 Å². The molecule has 174 valence electrons. The van der Waals surface area contributed by atoms with Crippen LogP contribution in [0.2, 0.25) is 0 Å². The molecule has 1 atom stereocenters. The van der Waals surface area contributed by atoms with Crippen LogP contribution in [0, 0.1) is 0 Å². The molecule has 1 N–H and O–H groups in total. The van der Waals surface area contributed by atoms with Crippen LogP contribution in [-0.2, 0) is 22.6 Å².